The summed E-state index contributed by atoms with van der Waals surface area (Å²) < 4.78 is 3.83. The van der Waals surface area contributed by atoms with Crippen LogP contribution in [0.25, 0.3) is 34.1 Å². The number of aryl methyl sites for hydroxylation is 1. The van der Waals surface area contributed by atoms with E-state index in [2.05, 4.69) is 44.7 Å². The Bertz CT molecular complexity index is 1770. The first-order chi connectivity index (χ1) is 20.6. The maximum absolute atomic E-state index is 11.9. The van der Waals surface area contributed by atoms with E-state index in [1.165, 1.54) is 17.2 Å². The minimum Gasteiger partial charge on any atom is -0.383 e. The number of carbonyl (C=O) groups is 1. The lowest BCUT2D eigenvalue weighted by Crippen LogP contribution is -2.48. The molecule has 1 aliphatic heterocycles. The minimum atomic E-state index is 0.0312. The zero-order valence-electron chi connectivity index (χ0n) is 23.4. The molecular formula is C32H33N9O. The molecule has 10 nitrogen and oxygen atoms in total. The van der Waals surface area contributed by atoms with E-state index < -0.39 is 0 Å². The van der Waals surface area contributed by atoms with Gasteiger partial charge < -0.3 is 16.0 Å². The molecule has 1 atom stereocenters. The predicted molar refractivity (Wildman–Crippen MR) is 162 cm³/mol. The van der Waals surface area contributed by atoms with Gasteiger partial charge >= 0.3 is 0 Å². The predicted octanol–water partition coefficient (Wildman–Crippen LogP) is 3.87. The van der Waals surface area contributed by atoms with E-state index in [4.69, 9.17) is 15.7 Å². The number of aromatic nitrogens is 6. The number of likely N-dealkylation sites (tertiary alicyclic amines) is 1. The van der Waals surface area contributed by atoms with Crippen LogP contribution in [-0.2, 0) is 17.6 Å². The van der Waals surface area contributed by atoms with Crippen LogP contribution in [0.5, 0.6) is 0 Å². The normalized spacial score (nSPS) is 17.3. The van der Waals surface area contributed by atoms with Crippen molar-refractivity contribution < 1.29 is 4.79 Å². The van der Waals surface area contributed by atoms with E-state index in [0.29, 0.717) is 29.5 Å². The van der Waals surface area contributed by atoms with Crippen LogP contribution in [-0.4, -0.2) is 65.3 Å². The number of benzene rings is 1. The summed E-state index contributed by atoms with van der Waals surface area (Å²) in [6, 6.07) is 17.1. The van der Waals surface area contributed by atoms with Crippen molar-refractivity contribution in [3.8, 4) is 22.9 Å². The number of nitrogens with two attached hydrogens (primary N) is 1. The standard InChI is InChI=1S/C32H33N9O/c1-2-29(42)39-17-12-23(13-18-39)36-24-8-6-22-20-25(9-7-21(22)19-24)41-31(26-5-3-14-34-30(26)33)37-27-10-11-28(38-32(27)41)40-16-4-15-35-40/h2-5,7,9-11,14-16,20,23-24,36H,1,6,8,12-13,17-19H2,(H2,33,34)/t24-/m0/s1. The maximum Gasteiger partial charge on any atom is 0.245 e. The molecule has 0 saturated carbocycles. The number of carbonyl (C=O) groups excluding carboxylic acids is 1. The average molecular weight is 560 g/mol. The number of nitrogens with zero attached hydrogens (tertiary/aromatic N) is 7. The van der Waals surface area contributed by atoms with Gasteiger partial charge in [0.1, 0.15) is 11.3 Å². The van der Waals surface area contributed by atoms with Crippen LogP contribution in [0, 0.1) is 0 Å². The van der Waals surface area contributed by atoms with E-state index in [1.54, 1.807) is 17.1 Å². The molecule has 0 radical (unpaired) electrons. The Morgan fingerprint density at radius 3 is 2.67 bits per heavy atom. The van der Waals surface area contributed by atoms with E-state index in [-0.39, 0.29) is 5.91 Å². The molecule has 10 heteroatoms. The van der Waals surface area contributed by atoms with Gasteiger partial charge in [-0.3, -0.25) is 9.36 Å². The van der Waals surface area contributed by atoms with Crippen LogP contribution < -0.4 is 11.1 Å². The van der Waals surface area contributed by atoms with E-state index >= 15 is 0 Å². The molecule has 5 heterocycles. The molecule has 42 heavy (non-hydrogen) atoms. The smallest absolute Gasteiger partial charge is 0.245 e. The molecule has 1 saturated heterocycles. The van der Waals surface area contributed by atoms with Crippen LogP contribution >= 0.6 is 0 Å². The number of imidazole rings is 1. The molecule has 212 valence electrons. The fourth-order valence-electron chi connectivity index (χ4n) is 6.26. The number of amides is 1. The van der Waals surface area contributed by atoms with Crippen molar-refractivity contribution in [2.75, 3.05) is 18.8 Å². The van der Waals surface area contributed by atoms with Gasteiger partial charge in [-0.1, -0.05) is 12.6 Å². The number of nitrogen functional groups attached to an aromatic ring is 1. The molecular weight excluding hydrogens is 526 g/mol. The lowest BCUT2D eigenvalue weighted by Gasteiger charge is -2.35. The van der Waals surface area contributed by atoms with Gasteiger partial charge in [-0.2, -0.15) is 5.10 Å². The second-order valence-corrected chi connectivity index (χ2v) is 11.0. The Morgan fingerprint density at radius 1 is 1.00 bits per heavy atom. The Kier molecular flexibility index (Phi) is 6.75. The fraction of sp³-hybridized carbons (Fsp3) is 0.281. The van der Waals surface area contributed by atoms with Gasteiger partial charge in [-0.25, -0.2) is 19.6 Å². The SMILES string of the molecule is C=CC(=O)N1CCC(N[C@H]2CCc3cc(-n4c(-c5cccnc5N)nc5ccc(-n6cccn6)nc54)ccc3C2)CC1. The number of hydrogen-bond donors (Lipinski definition) is 2. The lowest BCUT2D eigenvalue weighted by molar-refractivity contribution is -0.127. The van der Waals surface area contributed by atoms with Crippen molar-refractivity contribution >= 4 is 22.9 Å². The van der Waals surface area contributed by atoms with Crippen LogP contribution in [0.2, 0.25) is 0 Å². The highest BCUT2D eigenvalue weighted by Crippen LogP contribution is 2.33. The third-order valence-electron chi connectivity index (χ3n) is 8.44. The summed E-state index contributed by atoms with van der Waals surface area (Å²) in [5.41, 5.74) is 12.3. The molecule has 1 fully saturated rings. The number of anilines is 1. The van der Waals surface area contributed by atoms with Gasteiger partial charge in [-0.15, -0.1) is 0 Å². The molecule has 7 rings (SSSR count). The third-order valence-corrected chi connectivity index (χ3v) is 8.44. The largest absolute Gasteiger partial charge is 0.383 e. The first-order valence-corrected chi connectivity index (χ1v) is 14.5. The number of nitrogens with one attached hydrogen (secondary N) is 1. The fourth-order valence-corrected chi connectivity index (χ4v) is 6.26. The number of pyridine rings is 2. The first kappa shape index (κ1) is 26.1. The first-order valence-electron chi connectivity index (χ1n) is 14.5. The third kappa shape index (κ3) is 4.83. The van der Waals surface area contributed by atoms with Gasteiger partial charge in [0.05, 0.1) is 5.56 Å². The van der Waals surface area contributed by atoms with Crippen molar-refractivity contribution in [3.63, 3.8) is 0 Å². The van der Waals surface area contributed by atoms with Crippen molar-refractivity contribution in [3.05, 3.63) is 90.9 Å². The van der Waals surface area contributed by atoms with Gasteiger partial charge in [0.15, 0.2) is 17.3 Å². The Labute approximate surface area is 243 Å². The second-order valence-electron chi connectivity index (χ2n) is 11.0. The summed E-state index contributed by atoms with van der Waals surface area (Å²) in [6.45, 7) is 5.19. The van der Waals surface area contributed by atoms with Gasteiger partial charge in [0.25, 0.3) is 0 Å². The highest BCUT2D eigenvalue weighted by atomic mass is 16.2. The summed E-state index contributed by atoms with van der Waals surface area (Å²) >= 11 is 0. The number of hydrogen-bond acceptors (Lipinski definition) is 7. The minimum absolute atomic E-state index is 0.0312. The molecule has 0 unspecified atom stereocenters. The topological polar surface area (TPSA) is 120 Å². The summed E-state index contributed by atoms with van der Waals surface area (Å²) in [7, 11) is 0. The van der Waals surface area contributed by atoms with Gasteiger partial charge in [-0.05, 0) is 91.8 Å². The van der Waals surface area contributed by atoms with Crippen LogP contribution in [0.3, 0.4) is 0 Å². The highest BCUT2D eigenvalue weighted by Gasteiger charge is 2.26. The summed E-state index contributed by atoms with van der Waals surface area (Å²) in [4.78, 5) is 28.1. The van der Waals surface area contributed by atoms with Crippen LogP contribution in [0.15, 0.2) is 79.8 Å². The summed E-state index contributed by atoms with van der Waals surface area (Å²) in [6.07, 6.45) is 11.7. The summed E-state index contributed by atoms with van der Waals surface area (Å²) in [5.74, 6) is 1.87. The number of fused-ring (bicyclic) bond motifs is 2. The van der Waals surface area contributed by atoms with Crippen LogP contribution in [0.1, 0.15) is 30.4 Å². The Balaban J connectivity index is 1.19. The monoisotopic (exact) mass is 559 g/mol. The average Bonchev–Trinajstić information content (AvgIpc) is 3.69. The lowest BCUT2D eigenvalue weighted by atomic mass is 9.87. The zero-order valence-corrected chi connectivity index (χ0v) is 23.4. The zero-order chi connectivity index (χ0) is 28.6. The molecule has 3 N–H and O–H groups in total. The Hall–Kier alpha value is -4.83. The molecule has 1 amide bonds. The van der Waals surface area contributed by atoms with E-state index in [0.717, 1.165) is 67.6 Å². The molecule has 2 aliphatic rings. The van der Waals surface area contributed by atoms with Crippen molar-refractivity contribution in [2.24, 2.45) is 0 Å². The van der Waals surface area contributed by atoms with Crippen LogP contribution in [0.4, 0.5) is 5.82 Å². The number of rotatable bonds is 6. The maximum atomic E-state index is 11.9. The molecule has 0 spiro atoms. The van der Waals surface area contributed by atoms with Crippen molar-refractivity contribution in [1.29, 1.82) is 0 Å². The molecule has 0 bridgehead atoms. The van der Waals surface area contributed by atoms with Gasteiger partial charge in [0.2, 0.25) is 5.91 Å². The Morgan fingerprint density at radius 2 is 1.88 bits per heavy atom. The molecule has 4 aromatic heterocycles. The highest BCUT2D eigenvalue weighted by molar-refractivity contribution is 5.87. The number of piperidine rings is 1. The second kappa shape index (κ2) is 10.9. The molecule has 5 aromatic rings. The van der Waals surface area contributed by atoms with E-state index in [1.807, 2.05) is 41.4 Å². The van der Waals surface area contributed by atoms with Crippen molar-refractivity contribution in [2.45, 2.75) is 44.2 Å². The molecule has 1 aliphatic carbocycles. The van der Waals surface area contributed by atoms with Crippen molar-refractivity contribution in [1.82, 2.24) is 39.5 Å². The van der Waals surface area contributed by atoms with Gasteiger partial charge in [0, 0.05) is 49.5 Å². The summed E-state index contributed by atoms with van der Waals surface area (Å²) in [5, 5.41) is 8.24. The van der Waals surface area contributed by atoms with E-state index in [9.17, 15) is 4.79 Å². The quantitative estimate of drug-likeness (QED) is 0.303. The molecule has 1 aromatic carbocycles.